The number of aromatic nitrogens is 3. The standard InChI is InChI=1S/C12H21N5O4S/c1-3-4-17-13-9-11(14-17)16(22(2,19)20)10-12(18)15-5-7-21-8-6-15/h9H,3-8,10H2,1-2H3. The molecule has 0 atom stereocenters. The summed E-state index contributed by atoms with van der Waals surface area (Å²) in [5, 5.41) is 8.14. The molecule has 0 aromatic carbocycles. The van der Waals surface area contributed by atoms with Gasteiger partial charge in [0.15, 0.2) is 5.82 Å². The van der Waals surface area contributed by atoms with Gasteiger partial charge < -0.3 is 9.64 Å². The van der Waals surface area contributed by atoms with Crippen LogP contribution in [-0.2, 0) is 26.1 Å². The first-order chi connectivity index (χ1) is 10.4. The maximum atomic E-state index is 12.3. The summed E-state index contributed by atoms with van der Waals surface area (Å²) in [6.45, 7) is 4.17. The van der Waals surface area contributed by atoms with Gasteiger partial charge in [0.2, 0.25) is 15.9 Å². The van der Waals surface area contributed by atoms with Crippen molar-refractivity contribution < 1.29 is 17.9 Å². The summed E-state index contributed by atoms with van der Waals surface area (Å²) in [5.41, 5.74) is 0. The second-order valence-electron chi connectivity index (χ2n) is 5.06. The summed E-state index contributed by atoms with van der Waals surface area (Å²) in [7, 11) is -3.61. The van der Waals surface area contributed by atoms with Crippen LogP contribution in [0.5, 0.6) is 0 Å². The van der Waals surface area contributed by atoms with E-state index in [1.54, 1.807) is 4.90 Å². The molecule has 1 aromatic heterocycles. The molecule has 124 valence electrons. The predicted octanol–water partition coefficient (Wildman–Crippen LogP) is -0.687. The van der Waals surface area contributed by atoms with Crippen molar-refractivity contribution in [2.45, 2.75) is 19.9 Å². The van der Waals surface area contributed by atoms with E-state index in [9.17, 15) is 13.2 Å². The minimum absolute atomic E-state index is 0.164. The molecule has 0 aliphatic carbocycles. The minimum Gasteiger partial charge on any atom is -0.378 e. The molecule has 22 heavy (non-hydrogen) atoms. The van der Waals surface area contributed by atoms with Gasteiger partial charge >= 0.3 is 0 Å². The van der Waals surface area contributed by atoms with Gasteiger partial charge in [0, 0.05) is 13.1 Å². The van der Waals surface area contributed by atoms with E-state index in [4.69, 9.17) is 4.74 Å². The first kappa shape index (κ1) is 16.7. The maximum absolute atomic E-state index is 12.3. The Morgan fingerprint density at radius 1 is 1.41 bits per heavy atom. The number of hydrogen-bond acceptors (Lipinski definition) is 6. The third-order valence-corrected chi connectivity index (χ3v) is 4.36. The van der Waals surface area contributed by atoms with Gasteiger partial charge in [-0.25, -0.2) is 12.7 Å². The Labute approximate surface area is 129 Å². The van der Waals surface area contributed by atoms with Gasteiger partial charge in [0.1, 0.15) is 6.54 Å². The van der Waals surface area contributed by atoms with E-state index in [0.717, 1.165) is 17.0 Å². The molecule has 1 aromatic rings. The summed E-state index contributed by atoms with van der Waals surface area (Å²) < 4.78 is 30.1. The molecule has 2 heterocycles. The Morgan fingerprint density at radius 3 is 2.68 bits per heavy atom. The Kier molecular flexibility index (Phi) is 5.35. The molecule has 0 N–H and O–H groups in total. The third-order valence-electron chi connectivity index (χ3n) is 3.25. The van der Waals surface area contributed by atoms with Crippen molar-refractivity contribution in [2.24, 2.45) is 0 Å². The zero-order chi connectivity index (χ0) is 16.2. The van der Waals surface area contributed by atoms with E-state index in [1.165, 1.54) is 11.0 Å². The zero-order valence-electron chi connectivity index (χ0n) is 12.8. The van der Waals surface area contributed by atoms with Crippen LogP contribution in [0.1, 0.15) is 13.3 Å². The zero-order valence-corrected chi connectivity index (χ0v) is 13.6. The lowest BCUT2D eigenvalue weighted by Gasteiger charge is -2.29. The van der Waals surface area contributed by atoms with Gasteiger partial charge in [-0.1, -0.05) is 6.92 Å². The molecular formula is C12H21N5O4S. The first-order valence-electron chi connectivity index (χ1n) is 7.15. The van der Waals surface area contributed by atoms with Crippen LogP contribution in [-0.4, -0.2) is 73.3 Å². The lowest BCUT2D eigenvalue weighted by atomic mass is 10.4. The van der Waals surface area contributed by atoms with Crippen LogP contribution in [0, 0.1) is 0 Å². The number of amides is 1. The number of aryl methyl sites for hydroxylation is 1. The molecule has 0 saturated carbocycles. The lowest BCUT2D eigenvalue weighted by Crippen LogP contribution is -2.47. The highest BCUT2D eigenvalue weighted by Gasteiger charge is 2.26. The molecule has 0 radical (unpaired) electrons. The molecule has 0 unspecified atom stereocenters. The maximum Gasteiger partial charge on any atom is 0.243 e. The van der Waals surface area contributed by atoms with E-state index in [0.29, 0.717) is 32.8 Å². The molecule has 10 heteroatoms. The van der Waals surface area contributed by atoms with Crippen LogP contribution in [0.2, 0.25) is 0 Å². The summed E-state index contributed by atoms with van der Waals surface area (Å²) in [4.78, 5) is 15.3. The van der Waals surface area contributed by atoms with Gasteiger partial charge in [-0.05, 0) is 6.42 Å². The van der Waals surface area contributed by atoms with Crippen molar-refractivity contribution in [3.8, 4) is 0 Å². The Morgan fingerprint density at radius 2 is 2.09 bits per heavy atom. The molecule has 1 aliphatic heterocycles. The fourth-order valence-corrected chi connectivity index (χ4v) is 2.88. The number of sulfonamides is 1. The smallest absolute Gasteiger partial charge is 0.243 e. The molecule has 1 amide bonds. The molecule has 2 rings (SSSR count). The highest BCUT2D eigenvalue weighted by atomic mass is 32.2. The van der Waals surface area contributed by atoms with Gasteiger partial charge in [0.25, 0.3) is 0 Å². The van der Waals surface area contributed by atoms with Gasteiger partial charge in [0.05, 0.1) is 32.2 Å². The molecule has 9 nitrogen and oxygen atoms in total. The van der Waals surface area contributed by atoms with E-state index < -0.39 is 10.0 Å². The number of carbonyl (C=O) groups excluding carboxylic acids is 1. The summed E-state index contributed by atoms with van der Waals surface area (Å²) >= 11 is 0. The molecule has 1 saturated heterocycles. The Balaban J connectivity index is 2.13. The largest absolute Gasteiger partial charge is 0.378 e. The van der Waals surface area contributed by atoms with Gasteiger partial charge in [-0.3, -0.25) is 4.79 Å². The van der Waals surface area contributed by atoms with Crippen molar-refractivity contribution in [1.29, 1.82) is 0 Å². The normalized spacial score (nSPS) is 15.8. The van der Waals surface area contributed by atoms with E-state index in [1.807, 2.05) is 6.92 Å². The average Bonchev–Trinajstić information content (AvgIpc) is 2.93. The quantitative estimate of drug-likeness (QED) is 0.684. The van der Waals surface area contributed by atoms with E-state index in [2.05, 4.69) is 10.2 Å². The minimum atomic E-state index is -3.61. The first-order valence-corrected chi connectivity index (χ1v) is 9.00. The topological polar surface area (TPSA) is 97.6 Å². The number of hydrogen-bond donors (Lipinski definition) is 0. The fraction of sp³-hybridized carbons (Fsp3) is 0.750. The number of rotatable bonds is 6. The van der Waals surface area contributed by atoms with E-state index >= 15 is 0 Å². The van der Waals surface area contributed by atoms with Crippen molar-refractivity contribution in [1.82, 2.24) is 19.9 Å². The summed E-state index contributed by atoms with van der Waals surface area (Å²) in [6, 6.07) is 0. The lowest BCUT2D eigenvalue weighted by molar-refractivity contribution is -0.133. The molecule has 0 bridgehead atoms. The van der Waals surface area contributed by atoms with Crippen molar-refractivity contribution in [3.63, 3.8) is 0 Å². The number of nitrogens with zero attached hydrogens (tertiary/aromatic N) is 5. The predicted molar refractivity (Wildman–Crippen MR) is 79.9 cm³/mol. The van der Waals surface area contributed by atoms with Gasteiger partial charge in [-0.15, -0.1) is 5.10 Å². The number of ether oxygens (including phenoxy) is 1. The molecule has 1 fully saturated rings. The summed E-state index contributed by atoms with van der Waals surface area (Å²) in [5.74, 6) is -0.101. The molecular weight excluding hydrogens is 310 g/mol. The van der Waals surface area contributed by atoms with Crippen molar-refractivity contribution in [2.75, 3.05) is 43.4 Å². The van der Waals surface area contributed by atoms with Crippen molar-refractivity contribution >= 4 is 21.7 Å². The van der Waals surface area contributed by atoms with Crippen molar-refractivity contribution in [3.05, 3.63) is 6.20 Å². The highest BCUT2D eigenvalue weighted by Crippen LogP contribution is 2.14. The number of morpholine rings is 1. The second-order valence-corrected chi connectivity index (χ2v) is 6.97. The second kappa shape index (κ2) is 7.05. The monoisotopic (exact) mass is 331 g/mol. The Hall–Kier alpha value is -1.68. The highest BCUT2D eigenvalue weighted by molar-refractivity contribution is 7.92. The third kappa shape index (κ3) is 4.17. The number of anilines is 1. The van der Waals surface area contributed by atoms with Gasteiger partial charge in [-0.2, -0.15) is 9.90 Å². The van der Waals surface area contributed by atoms with Crippen LogP contribution in [0.4, 0.5) is 5.82 Å². The van der Waals surface area contributed by atoms with Crippen LogP contribution < -0.4 is 4.31 Å². The van der Waals surface area contributed by atoms with Crippen LogP contribution in [0.25, 0.3) is 0 Å². The molecule has 1 aliphatic rings. The fourth-order valence-electron chi connectivity index (χ4n) is 2.11. The molecule has 0 spiro atoms. The Bertz CT molecular complexity index is 609. The van der Waals surface area contributed by atoms with Crippen LogP contribution in [0.3, 0.4) is 0 Å². The van der Waals surface area contributed by atoms with Crippen LogP contribution in [0.15, 0.2) is 6.20 Å². The van der Waals surface area contributed by atoms with E-state index in [-0.39, 0.29) is 18.3 Å². The SMILES string of the molecule is CCCn1ncc(N(CC(=O)N2CCOCC2)S(C)(=O)=O)n1. The van der Waals surface area contributed by atoms with Crippen LogP contribution >= 0.6 is 0 Å². The average molecular weight is 331 g/mol. The number of carbonyl (C=O) groups is 1. The summed E-state index contributed by atoms with van der Waals surface area (Å²) in [6.07, 6.45) is 3.25.